The van der Waals surface area contributed by atoms with Crippen LogP contribution in [0.1, 0.15) is 59.0 Å². The normalized spacial score (nSPS) is 14.7. The van der Waals surface area contributed by atoms with E-state index in [0.29, 0.717) is 16.7 Å². The summed E-state index contributed by atoms with van der Waals surface area (Å²) in [6.45, 7) is 0.674. The number of carbonyl (C=O) groups is 2. The number of thioether (sulfide) groups is 2. The van der Waals surface area contributed by atoms with E-state index in [1.54, 1.807) is 0 Å². The molecule has 0 aliphatic carbocycles. The van der Waals surface area contributed by atoms with Gasteiger partial charge in [0.15, 0.2) is 0 Å². The molecule has 1 aliphatic heterocycles. The first-order chi connectivity index (χ1) is 11.7. The fourth-order valence-corrected chi connectivity index (χ4v) is 5.44. The summed E-state index contributed by atoms with van der Waals surface area (Å²) in [7, 11) is 0. The number of unbranched alkanes of at least 4 members (excludes halogenated alkanes) is 4. The lowest BCUT2D eigenvalue weighted by Gasteiger charge is -2.09. The van der Waals surface area contributed by atoms with Gasteiger partial charge in [-0.3, -0.25) is 9.59 Å². The second-order valence-corrected chi connectivity index (χ2v) is 8.59. The number of nitrogens with one attached hydrogen (secondary N) is 1. The SMILES string of the molecule is O=C(O)CCCCCCCNC(=O)c1ccc(C2SCCS2)cc1. The zero-order valence-electron chi connectivity index (χ0n) is 13.8. The van der Waals surface area contributed by atoms with Crippen molar-refractivity contribution < 1.29 is 14.7 Å². The highest BCUT2D eigenvalue weighted by molar-refractivity contribution is 8.19. The molecule has 2 rings (SSSR count). The van der Waals surface area contributed by atoms with E-state index in [2.05, 4.69) is 17.4 Å². The number of carboxylic acids is 1. The average Bonchev–Trinajstić information content (AvgIpc) is 3.11. The number of aliphatic carboxylic acids is 1. The predicted octanol–water partition coefficient (Wildman–Crippen LogP) is 4.32. The average molecular weight is 368 g/mol. The van der Waals surface area contributed by atoms with E-state index < -0.39 is 5.97 Å². The minimum atomic E-state index is -0.724. The molecule has 0 saturated carbocycles. The fourth-order valence-electron chi connectivity index (χ4n) is 2.58. The molecular weight excluding hydrogens is 342 g/mol. The van der Waals surface area contributed by atoms with E-state index in [1.807, 2.05) is 35.7 Å². The Balaban J connectivity index is 1.59. The first-order valence-corrected chi connectivity index (χ1v) is 10.6. The summed E-state index contributed by atoms with van der Waals surface area (Å²) in [4.78, 5) is 22.5. The van der Waals surface area contributed by atoms with Crippen LogP contribution in [0.3, 0.4) is 0 Å². The van der Waals surface area contributed by atoms with Gasteiger partial charge in [-0.25, -0.2) is 0 Å². The number of benzene rings is 1. The van der Waals surface area contributed by atoms with Crippen molar-refractivity contribution in [2.24, 2.45) is 0 Å². The third kappa shape index (κ3) is 6.77. The summed E-state index contributed by atoms with van der Waals surface area (Å²) in [6.07, 6.45) is 4.92. The third-order valence-corrected chi connectivity index (χ3v) is 7.02. The molecule has 0 spiro atoms. The molecule has 132 valence electrons. The Kier molecular flexibility index (Phi) is 8.53. The first-order valence-electron chi connectivity index (χ1n) is 8.50. The Labute approximate surface area is 152 Å². The fraction of sp³-hybridized carbons (Fsp3) is 0.556. The second-order valence-electron chi connectivity index (χ2n) is 5.86. The maximum Gasteiger partial charge on any atom is 0.303 e. The molecule has 0 aromatic heterocycles. The molecule has 1 aliphatic rings. The predicted molar refractivity (Wildman–Crippen MR) is 102 cm³/mol. The molecular formula is C18H25NO3S2. The van der Waals surface area contributed by atoms with Crippen molar-refractivity contribution in [1.29, 1.82) is 0 Å². The summed E-state index contributed by atoms with van der Waals surface area (Å²) < 4.78 is 0.517. The van der Waals surface area contributed by atoms with Crippen LogP contribution in [-0.2, 0) is 4.79 Å². The Bertz CT molecular complexity index is 528. The van der Waals surface area contributed by atoms with Crippen LogP contribution in [0.2, 0.25) is 0 Å². The summed E-state index contributed by atoms with van der Waals surface area (Å²) in [5.41, 5.74) is 2.01. The molecule has 0 radical (unpaired) electrons. The summed E-state index contributed by atoms with van der Waals surface area (Å²) in [5, 5.41) is 11.5. The van der Waals surface area contributed by atoms with Gasteiger partial charge < -0.3 is 10.4 Å². The molecule has 1 heterocycles. The Morgan fingerprint density at radius 3 is 2.29 bits per heavy atom. The van der Waals surface area contributed by atoms with Crippen molar-refractivity contribution in [3.05, 3.63) is 35.4 Å². The maximum atomic E-state index is 12.1. The van der Waals surface area contributed by atoms with Crippen molar-refractivity contribution in [2.45, 2.75) is 43.1 Å². The van der Waals surface area contributed by atoms with Gasteiger partial charge in [0.2, 0.25) is 0 Å². The molecule has 2 N–H and O–H groups in total. The van der Waals surface area contributed by atoms with E-state index >= 15 is 0 Å². The molecule has 6 heteroatoms. The van der Waals surface area contributed by atoms with E-state index in [-0.39, 0.29) is 12.3 Å². The molecule has 1 saturated heterocycles. The van der Waals surface area contributed by atoms with Gasteiger partial charge in [0.1, 0.15) is 0 Å². The Hall–Kier alpha value is -1.14. The van der Waals surface area contributed by atoms with Gasteiger partial charge in [-0.1, -0.05) is 31.4 Å². The number of amides is 1. The van der Waals surface area contributed by atoms with Gasteiger partial charge in [0.25, 0.3) is 5.91 Å². The van der Waals surface area contributed by atoms with Gasteiger partial charge in [-0.15, -0.1) is 23.5 Å². The van der Waals surface area contributed by atoms with Crippen LogP contribution < -0.4 is 5.32 Å². The lowest BCUT2D eigenvalue weighted by Crippen LogP contribution is -2.24. The van der Waals surface area contributed by atoms with Crippen LogP contribution in [0.25, 0.3) is 0 Å². The van der Waals surface area contributed by atoms with Crippen molar-refractivity contribution >= 4 is 35.4 Å². The third-order valence-electron chi connectivity index (χ3n) is 3.92. The van der Waals surface area contributed by atoms with Gasteiger partial charge in [-0.2, -0.15) is 0 Å². The molecule has 1 aromatic rings. The van der Waals surface area contributed by atoms with E-state index in [9.17, 15) is 9.59 Å². The van der Waals surface area contributed by atoms with E-state index in [1.165, 1.54) is 17.1 Å². The standard InChI is InChI=1S/C18H25NO3S2/c20-16(21)6-4-2-1-3-5-11-19-17(22)14-7-9-15(10-8-14)18-23-12-13-24-18/h7-10,18H,1-6,11-13H2,(H,19,22)(H,20,21). The van der Waals surface area contributed by atoms with Gasteiger partial charge in [0, 0.05) is 30.0 Å². The molecule has 0 unspecified atom stereocenters. The summed E-state index contributed by atoms with van der Waals surface area (Å²) in [6, 6.07) is 7.95. The quantitative estimate of drug-likeness (QED) is 0.603. The molecule has 0 atom stereocenters. The zero-order chi connectivity index (χ0) is 17.2. The number of hydrogen-bond acceptors (Lipinski definition) is 4. The Morgan fingerprint density at radius 1 is 1.00 bits per heavy atom. The number of rotatable bonds is 10. The lowest BCUT2D eigenvalue weighted by atomic mass is 10.1. The van der Waals surface area contributed by atoms with Crippen LogP contribution in [0, 0.1) is 0 Å². The first kappa shape index (κ1) is 19.2. The summed E-state index contributed by atoms with van der Waals surface area (Å²) >= 11 is 3.93. The van der Waals surface area contributed by atoms with Crippen LogP contribution in [0.4, 0.5) is 0 Å². The lowest BCUT2D eigenvalue weighted by molar-refractivity contribution is -0.137. The molecule has 1 amide bonds. The number of hydrogen-bond donors (Lipinski definition) is 2. The molecule has 4 nitrogen and oxygen atoms in total. The molecule has 1 fully saturated rings. The van der Waals surface area contributed by atoms with Gasteiger partial charge in [0.05, 0.1) is 4.58 Å². The minimum Gasteiger partial charge on any atom is -0.481 e. The van der Waals surface area contributed by atoms with E-state index in [4.69, 9.17) is 5.11 Å². The van der Waals surface area contributed by atoms with Gasteiger partial charge >= 0.3 is 5.97 Å². The van der Waals surface area contributed by atoms with Crippen LogP contribution in [-0.4, -0.2) is 35.0 Å². The van der Waals surface area contributed by atoms with Crippen molar-refractivity contribution in [1.82, 2.24) is 5.32 Å². The Morgan fingerprint density at radius 2 is 1.62 bits per heavy atom. The van der Waals surface area contributed by atoms with Crippen molar-refractivity contribution in [2.75, 3.05) is 18.1 Å². The van der Waals surface area contributed by atoms with Crippen LogP contribution >= 0.6 is 23.5 Å². The molecule has 1 aromatic carbocycles. The van der Waals surface area contributed by atoms with Crippen molar-refractivity contribution in [3.8, 4) is 0 Å². The van der Waals surface area contributed by atoms with Crippen molar-refractivity contribution in [3.63, 3.8) is 0 Å². The van der Waals surface area contributed by atoms with Crippen LogP contribution in [0.5, 0.6) is 0 Å². The minimum absolute atomic E-state index is 0.0147. The zero-order valence-corrected chi connectivity index (χ0v) is 15.5. The monoisotopic (exact) mass is 367 g/mol. The topological polar surface area (TPSA) is 66.4 Å². The highest BCUT2D eigenvalue weighted by atomic mass is 32.2. The maximum absolute atomic E-state index is 12.1. The molecule has 0 bridgehead atoms. The highest BCUT2D eigenvalue weighted by Crippen LogP contribution is 2.45. The van der Waals surface area contributed by atoms with Crippen LogP contribution in [0.15, 0.2) is 24.3 Å². The number of carbonyl (C=O) groups excluding carboxylic acids is 1. The van der Waals surface area contributed by atoms with E-state index in [0.717, 1.165) is 32.1 Å². The molecule has 24 heavy (non-hydrogen) atoms. The highest BCUT2D eigenvalue weighted by Gasteiger charge is 2.18. The summed E-state index contributed by atoms with van der Waals surface area (Å²) in [5.74, 6) is 1.67. The smallest absolute Gasteiger partial charge is 0.303 e. The second kappa shape index (κ2) is 10.7. The largest absolute Gasteiger partial charge is 0.481 e. The van der Waals surface area contributed by atoms with Gasteiger partial charge in [-0.05, 0) is 30.5 Å². The number of carboxylic acid groups (broad SMARTS) is 1.